The Morgan fingerprint density at radius 1 is 1.25 bits per heavy atom. The third-order valence-electron chi connectivity index (χ3n) is 3.63. The molecule has 1 amide bonds. The average molecular weight is 329 g/mol. The molecule has 0 unspecified atom stereocenters. The molecule has 0 fully saturated rings. The topological polar surface area (TPSA) is 63.5 Å². The highest BCUT2D eigenvalue weighted by molar-refractivity contribution is 5.94. The number of halogens is 2. The molecule has 3 rings (SSSR count). The van der Waals surface area contributed by atoms with Crippen molar-refractivity contribution >= 4 is 11.6 Å². The first-order valence-electron chi connectivity index (χ1n) is 7.19. The van der Waals surface area contributed by atoms with E-state index in [1.807, 2.05) is 0 Å². The summed E-state index contributed by atoms with van der Waals surface area (Å²) in [7, 11) is 0. The number of hydrogen-bond donors (Lipinski definition) is 1. The van der Waals surface area contributed by atoms with Gasteiger partial charge in [0.25, 0.3) is 11.5 Å². The summed E-state index contributed by atoms with van der Waals surface area (Å²) in [5.41, 5.74) is -0.145. The van der Waals surface area contributed by atoms with Crippen molar-refractivity contribution in [3.05, 3.63) is 81.9 Å². The number of pyridine rings is 1. The highest BCUT2D eigenvalue weighted by Gasteiger charge is 2.18. The van der Waals surface area contributed by atoms with Gasteiger partial charge in [0, 0.05) is 24.0 Å². The number of aromatic nitrogens is 2. The van der Waals surface area contributed by atoms with Crippen LogP contribution in [0.1, 0.15) is 28.9 Å². The third-order valence-corrected chi connectivity index (χ3v) is 3.63. The van der Waals surface area contributed by atoms with Gasteiger partial charge >= 0.3 is 0 Å². The van der Waals surface area contributed by atoms with Crippen molar-refractivity contribution in [2.75, 3.05) is 0 Å². The summed E-state index contributed by atoms with van der Waals surface area (Å²) < 4.78 is 28.0. The lowest BCUT2D eigenvalue weighted by atomic mass is 10.1. The van der Waals surface area contributed by atoms with Gasteiger partial charge in [-0.15, -0.1) is 0 Å². The van der Waals surface area contributed by atoms with Gasteiger partial charge in [-0.1, -0.05) is 12.1 Å². The van der Waals surface area contributed by atoms with Crippen molar-refractivity contribution in [2.24, 2.45) is 0 Å². The molecule has 7 heteroatoms. The maximum Gasteiger partial charge on any atom is 0.270 e. The van der Waals surface area contributed by atoms with Gasteiger partial charge in [0.2, 0.25) is 0 Å². The van der Waals surface area contributed by atoms with Gasteiger partial charge < -0.3 is 5.32 Å². The Morgan fingerprint density at radius 2 is 2.04 bits per heavy atom. The van der Waals surface area contributed by atoms with E-state index >= 15 is 0 Å². The Hall–Kier alpha value is -3.09. The first kappa shape index (κ1) is 15.8. The molecule has 0 bridgehead atoms. The summed E-state index contributed by atoms with van der Waals surface area (Å²) in [6.07, 6.45) is 2.69. The minimum atomic E-state index is -0.767. The Bertz CT molecular complexity index is 985. The monoisotopic (exact) mass is 329 g/mol. The minimum Gasteiger partial charge on any atom is -0.345 e. The zero-order valence-corrected chi connectivity index (χ0v) is 12.7. The highest BCUT2D eigenvalue weighted by Crippen LogP contribution is 2.18. The molecule has 0 radical (unpaired) electrons. The molecule has 0 saturated carbocycles. The molecule has 2 heterocycles. The maximum atomic E-state index is 13.8. The second-order valence-electron chi connectivity index (χ2n) is 5.27. The Kier molecular flexibility index (Phi) is 4.07. The van der Waals surface area contributed by atoms with E-state index in [2.05, 4.69) is 10.3 Å². The smallest absolute Gasteiger partial charge is 0.270 e. The SMILES string of the molecule is C[C@@H](NC(=O)c1cnc2ccccn2c1=O)c1ccc(F)cc1F. The van der Waals surface area contributed by atoms with Crippen molar-refractivity contribution < 1.29 is 13.6 Å². The third kappa shape index (κ3) is 2.88. The van der Waals surface area contributed by atoms with E-state index in [-0.39, 0.29) is 11.1 Å². The fraction of sp³-hybridized carbons (Fsp3) is 0.118. The number of hydrogen-bond acceptors (Lipinski definition) is 3. The van der Waals surface area contributed by atoms with E-state index < -0.39 is 29.1 Å². The predicted molar refractivity (Wildman–Crippen MR) is 83.7 cm³/mol. The van der Waals surface area contributed by atoms with Gasteiger partial charge in [-0.2, -0.15) is 0 Å². The first-order valence-corrected chi connectivity index (χ1v) is 7.19. The Labute approximate surface area is 135 Å². The molecule has 3 aromatic rings. The molecule has 0 spiro atoms. The number of rotatable bonds is 3. The number of carbonyl (C=O) groups is 1. The van der Waals surface area contributed by atoms with E-state index in [4.69, 9.17) is 0 Å². The fourth-order valence-corrected chi connectivity index (χ4v) is 2.39. The summed E-state index contributed by atoms with van der Waals surface area (Å²) in [4.78, 5) is 28.7. The van der Waals surface area contributed by atoms with Gasteiger partial charge in [-0.05, 0) is 25.1 Å². The van der Waals surface area contributed by atoms with Crippen molar-refractivity contribution in [2.45, 2.75) is 13.0 Å². The summed E-state index contributed by atoms with van der Waals surface area (Å²) in [6, 6.07) is 7.36. The largest absolute Gasteiger partial charge is 0.345 e. The molecule has 5 nitrogen and oxygen atoms in total. The van der Waals surface area contributed by atoms with E-state index in [1.54, 1.807) is 25.1 Å². The molecular formula is C17H13F2N3O2. The summed E-state index contributed by atoms with van der Waals surface area (Å²) in [5, 5.41) is 2.52. The second-order valence-corrected chi connectivity index (χ2v) is 5.27. The van der Waals surface area contributed by atoms with Crippen LogP contribution < -0.4 is 10.9 Å². The number of benzene rings is 1. The van der Waals surface area contributed by atoms with Crippen LogP contribution in [0.15, 0.2) is 53.6 Å². The van der Waals surface area contributed by atoms with Crippen LogP contribution in [0.2, 0.25) is 0 Å². The molecule has 122 valence electrons. The van der Waals surface area contributed by atoms with Crippen molar-refractivity contribution in [3.63, 3.8) is 0 Å². The quantitative estimate of drug-likeness (QED) is 0.803. The number of nitrogens with zero attached hydrogens (tertiary/aromatic N) is 2. The lowest BCUT2D eigenvalue weighted by Crippen LogP contribution is -2.33. The normalized spacial score (nSPS) is 12.1. The summed E-state index contributed by atoms with van der Waals surface area (Å²) in [5.74, 6) is -2.15. The van der Waals surface area contributed by atoms with Gasteiger partial charge in [0.15, 0.2) is 0 Å². The summed E-state index contributed by atoms with van der Waals surface area (Å²) >= 11 is 0. The van der Waals surface area contributed by atoms with Gasteiger partial charge in [0.05, 0.1) is 6.04 Å². The van der Waals surface area contributed by atoms with E-state index in [1.165, 1.54) is 22.9 Å². The number of carbonyl (C=O) groups excluding carboxylic acids is 1. The van der Waals surface area contributed by atoms with Gasteiger partial charge in [-0.25, -0.2) is 13.8 Å². The Balaban J connectivity index is 1.90. The highest BCUT2D eigenvalue weighted by atomic mass is 19.1. The predicted octanol–water partition coefficient (Wildman–Crippen LogP) is 2.46. The fourth-order valence-electron chi connectivity index (χ4n) is 2.39. The summed E-state index contributed by atoms with van der Waals surface area (Å²) in [6.45, 7) is 1.54. The Morgan fingerprint density at radius 3 is 2.79 bits per heavy atom. The zero-order chi connectivity index (χ0) is 17.3. The van der Waals surface area contributed by atoms with Crippen LogP contribution in [0.4, 0.5) is 8.78 Å². The second kappa shape index (κ2) is 6.19. The average Bonchev–Trinajstić information content (AvgIpc) is 2.55. The molecule has 24 heavy (non-hydrogen) atoms. The van der Waals surface area contributed by atoms with E-state index in [0.717, 1.165) is 12.1 Å². The number of amides is 1. The van der Waals surface area contributed by atoms with E-state index in [9.17, 15) is 18.4 Å². The molecule has 2 aromatic heterocycles. The molecule has 0 aliphatic rings. The van der Waals surface area contributed by atoms with Crippen LogP contribution in [0, 0.1) is 11.6 Å². The van der Waals surface area contributed by atoms with Crippen LogP contribution in [-0.2, 0) is 0 Å². The van der Waals surface area contributed by atoms with E-state index in [0.29, 0.717) is 5.65 Å². The first-order chi connectivity index (χ1) is 11.5. The lowest BCUT2D eigenvalue weighted by Gasteiger charge is -2.15. The van der Waals surface area contributed by atoms with Crippen molar-refractivity contribution in [1.82, 2.24) is 14.7 Å². The molecule has 1 N–H and O–H groups in total. The molecule has 0 aliphatic heterocycles. The van der Waals surface area contributed by atoms with Gasteiger partial charge in [0.1, 0.15) is 22.8 Å². The number of fused-ring (bicyclic) bond motifs is 1. The van der Waals surface area contributed by atoms with Crippen LogP contribution in [0.5, 0.6) is 0 Å². The molecular weight excluding hydrogens is 316 g/mol. The van der Waals surface area contributed by atoms with Crippen molar-refractivity contribution in [1.29, 1.82) is 0 Å². The molecule has 1 atom stereocenters. The van der Waals surface area contributed by atoms with Crippen molar-refractivity contribution in [3.8, 4) is 0 Å². The number of nitrogens with one attached hydrogen (secondary N) is 1. The van der Waals surface area contributed by atoms with Gasteiger partial charge in [-0.3, -0.25) is 14.0 Å². The van der Waals surface area contributed by atoms with Crippen LogP contribution in [0.3, 0.4) is 0 Å². The molecule has 0 aliphatic carbocycles. The maximum absolute atomic E-state index is 13.8. The minimum absolute atomic E-state index is 0.124. The zero-order valence-electron chi connectivity index (χ0n) is 12.7. The standard InChI is InChI=1S/C17H13F2N3O2/c1-10(12-6-5-11(18)8-14(12)19)21-16(23)13-9-20-15-4-2-3-7-22(15)17(13)24/h2-10H,1H3,(H,21,23)/t10-/m1/s1. The van der Waals surface area contributed by atoms with Crippen LogP contribution in [-0.4, -0.2) is 15.3 Å². The van der Waals surface area contributed by atoms with Crippen LogP contribution >= 0.6 is 0 Å². The van der Waals surface area contributed by atoms with Crippen LogP contribution in [0.25, 0.3) is 5.65 Å². The molecule has 1 aromatic carbocycles. The lowest BCUT2D eigenvalue weighted by molar-refractivity contribution is 0.0937. The molecule has 0 saturated heterocycles.